The summed E-state index contributed by atoms with van der Waals surface area (Å²) in [6, 6.07) is 9.89. The summed E-state index contributed by atoms with van der Waals surface area (Å²) in [7, 11) is 0. The molecule has 0 atom stereocenters. The van der Waals surface area contributed by atoms with Gasteiger partial charge in [0.1, 0.15) is 5.84 Å². The van der Waals surface area contributed by atoms with E-state index in [-0.39, 0.29) is 5.91 Å². The Kier molecular flexibility index (Phi) is 4.27. The van der Waals surface area contributed by atoms with Crippen LogP contribution in [0, 0.1) is 0 Å². The summed E-state index contributed by atoms with van der Waals surface area (Å²) in [6.07, 6.45) is 6.97. The van der Waals surface area contributed by atoms with Gasteiger partial charge in [-0.3, -0.25) is 25.0 Å². The Labute approximate surface area is 163 Å². The number of hydrogen-bond donors (Lipinski definition) is 1. The molecule has 3 aliphatic heterocycles. The van der Waals surface area contributed by atoms with Crippen molar-refractivity contribution in [3.8, 4) is 0 Å². The highest BCUT2D eigenvalue weighted by atomic mass is 16.1. The number of nitrogens with one attached hydrogen (secondary N) is 1. The van der Waals surface area contributed by atoms with Crippen molar-refractivity contribution in [2.24, 2.45) is 9.98 Å². The normalized spacial score (nSPS) is 18.1. The van der Waals surface area contributed by atoms with E-state index < -0.39 is 0 Å². The van der Waals surface area contributed by atoms with Gasteiger partial charge in [-0.05, 0) is 49.6 Å². The number of carbonyl (C=O) groups is 1. The Morgan fingerprint density at radius 2 is 1.96 bits per heavy atom. The second kappa shape index (κ2) is 7.07. The second-order valence-corrected chi connectivity index (χ2v) is 7.24. The van der Waals surface area contributed by atoms with E-state index in [0.717, 1.165) is 36.7 Å². The number of benzene rings is 1. The molecule has 0 spiro atoms. The highest BCUT2D eigenvalue weighted by Crippen LogP contribution is 2.33. The van der Waals surface area contributed by atoms with E-state index in [4.69, 9.17) is 4.99 Å². The van der Waals surface area contributed by atoms with Crippen molar-refractivity contribution >= 4 is 29.1 Å². The molecule has 1 N–H and O–H groups in total. The molecule has 142 valence electrons. The molecule has 3 aliphatic rings. The average Bonchev–Trinajstić information content (AvgIpc) is 3.25. The fourth-order valence-electron chi connectivity index (χ4n) is 3.98. The van der Waals surface area contributed by atoms with Gasteiger partial charge in [0.15, 0.2) is 0 Å². The molecule has 1 fully saturated rings. The van der Waals surface area contributed by atoms with Gasteiger partial charge in [0.05, 0.1) is 17.8 Å². The zero-order valence-corrected chi connectivity index (χ0v) is 15.6. The highest BCUT2D eigenvalue weighted by molar-refractivity contribution is 6.19. The van der Waals surface area contributed by atoms with E-state index in [1.807, 2.05) is 4.90 Å². The number of aliphatic imine (C=N–C) groups is 2. The summed E-state index contributed by atoms with van der Waals surface area (Å²) < 4.78 is 0. The van der Waals surface area contributed by atoms with Gasteiger partial charge >= 0.3 is 0 Å². The minimum absolute atomic E-state index is 0.214. The predicted octanol–water partition coefficient (Wildman–Crippen LogP) is 2.57. The molecule has 1 saturated heterocycles. The maximum Gasteiger partial charge on any atom is 0.259 e. The molecule has 0 radical (unpaired) electrons. The largest absolute Gasteiger partial charge is 0.371 e. The minimum Gasteiger partial charge on any atom is -0.371 e. The zero-order chi connectivity index (χ0) is 18.9. The fourth-order valence-corrected chi connectivity index (χ4v) is 3.98. The van der Waals surface area contributed by atoms with Gasteiger partial charge in [0.2, 0.25) is 5.96 Å². The van der Waals surface area contributed by atoms with Gasteiger partial charge in [0.25, 0.3) is 5.91 Å². The lowest BCUT2D eigenvalue weighted by Crippen LogP contribution is -2.47. The molecule has 7 heteroatoms. The van der Waals surface area contributed by atoms with Crippen LogP contribution in [0.3, 0.4) is 0 Å². The summed E-state index contributed by atoms with van der Waals surface area (Å²) in [6.45, 7) is 3.58. The highest BCUT2D eigenvalue weighted by Gasteiger charge is 2.31. The molecule has 2 aromatic rings. The molecule has 28 heavy (non-hydrogen) atoms. The molecule has 0 bridgehead atoms. The summed E-state index contributed by atoms with van der Waals surface area (Å²) in [5, 5.41) is 2.95. The van der Waals surface area contributed by atoms with Crippen molar-refractivity contribution in [3.05, 3.63) is 53.9 Å². The van der Waals surface area contributed by atoms with Crippen LogP contribution in [-0.2, 0) is 0 Å². The number of amides is 1. The number of carbonyl (C=O) groups excluding carboxylic acids is 1. The molecule has 0 saturated carbocycles. The first-order valence-corrected chi connectivity index (χ1v) is 9.81. The smallest absolute Gasteiger partial charge is 0.259 e. The van der Waals surface area contributed by atoms with E-state index in [0.29, 0.717) is 18.1 Å². The van der Waals surface area contributed by atoms with Crippen LogP contribution in [0.25, 0.3) is 0 Å². The number of fused-ring (bicyclic) bond motifs is 3. The maximum atomic E-state index is 12.6. The number of pyridine rings is 1. The number of anilines is 1. The third kappa shape index (κ3) is 3.02. The van der Waals surface area contributed by atoms with Crippen molar-refractivity contribution in [3.63, 3.8) is 0 Å². The summed E-state index contributed by atoms with van der Waals surface area (Å²) in [4.78, 5) is 30.5. The molecular formula is C21H22N6O. The van der Waals surface area contributed by atoms with Gasteiger partial charge in [-0.1, -0.05) is 0 Å². The number of amidine groups is 1. The monoisotopic (exact) mass is 374 g/mol. The Balaban J connectivity index is 1.48. The quantitative estimate of drug-likeness (QED) is 0.877. The lowest BCUT2D eigenvalue weighted by molar-refractivity contribution is 0.0973. The van der Waals surface area contributed by atoms with Crippen LogP contribution in [0.2, 0.25) is 0 Å². The van der Waals surface area contributed by atoms with Gasteiger partial charge in [0, 0.05) is 43.3 Å². The standard InChI is InChI=1S/C21H22N6O/c28-20(15-5-4-8-22-14-15)25-21-24-18-13-16(26-10-2-1-3-11-26)6-7-17(18)19-23-9-12-27(19)21/h4-8,13-14H,1-3,9-12H2,(H,24,25,28). The van der Waals surface area contributed by atoms with E-state index >= 15 is 0 Å². The molecule has 1 aromatic carbocycles. The van der Waals surface area contributed by atoms with Gasteiger partial charge < -0.3 is 4.90 Å². The molecule has 4 heterocycles. The van der Waals surface area contributed by atoms with Crippen LogP contribution >= 0.6 is 0 Å². The van der Waals surface area contributed by atoms with Crippen LogP contribution < -0.4 is 10.2 Å². The number of guanidine groups is 1. The Morgan fingerprint density at radius 3 is 2.79 bits per heavy atom. The lowest BCUT2D eigenvalue weighted by Gasteiger charge is -2.31. The first-order chi connectivity index (χ1) is 13.8. The molecular weight excluding hydrogens is 352 g/mol. The third-order valence-electron chi connectivity index (χ3n) is 5.42. The predicted molar refractivity (Wildman–Crippen MR) is 109 cm³/mol. The average molecular weight is 374 g/mol. The Morgan fingerprint density at radius 1 is 1.07 bits per heavy atom. The second-order valence-electron chi connectivity index (χ2n) is 7.24. The van der Waals surface area contributed by atoms with Gasteiger partial charge in [-0.2, -0.15) is 0 Å². The van der Waals surface area contributed by atoms with Crippen LogP contribution in [-0.4, -0.2) is 53.8 Å². The molecule has 1 aromatic heterocycles. The fraction of sp³-hybridized carbons (Fsp3) is 0.333. The van der Waals surface area contributed by atoms with Crippen LogP contribution in [0.5, 0.6) is 0 Å². The number of nitrogens with zero attached hydrogens (tertiary/aromatic N) is 5. The summed E-state index contributed by atoms with van der Waals surface area (Å²) in [5.41, 5.74) is 3.59. The van der Waals surface area contributed by atoms with Crippen LogP contribution in [0.1, 0.15) is 35.2 Å². The first kappa shape index (κ1) is 16.9. The van der Waals surface area contributed by atoms with E-state index in [1.54, 1.807) is 24.5 Å². The van der Waals surface area contributed by atoms with Crippen molar-refractivity contribution in [1.29, 1.82) is 0 Å². The van der Waals surface area contributed by atoms with E-state index in [1.165, 1.54) is 24.9 Å². The number of hydrogen-bond acceptors (Lipinski definition) is 6. The van der Waals surface area contributed by atoms with Crippen molar-refractivity contribution < 1.29 is 4.79 Å². The molecule has 1 amide bonds. The SMILES string of the molecule is O=C(NC1=Nc2cc(N3CCCCC3)ccc2C2=NCCN12)c1cccnc1. The lowest BCUT2D eigenvalue weighted by atomic mass is 10.1. The molecule has 0 unspecified atom stereocenters. The zero-order valence-electron chi connectivity index (χ0n) is 15.6. The molecule has 7 nitrogen and oxygen atoms in total. The van der Waals surface area contributed by atoms with Crippen LogP contribution in [0.15, 0.2) is 52.7 Å². The minimum atomic E-state index is -0.214. The number of piperidine rings is 1. The van der Waals surface area contributed by atoms with Crippen molar-refractivity contribution in [2.75, 3.05) is 31.1 Å². The third-order valence-corrected chi connectivity index (χ3v) is 5.42. The topological polar surface area (TPSA) is 73.2 Å². The Hall–Kier alpha value is -3.22. The van der Waals surface area contributed by atoms with Gasteiger partial charge in [-0.15, -0.1) is 0 Å². The van der Waals surface area contributed by atoms with Crippen molar-refractivity contribution in [1.82, 2.24) is 15.2 Å². The van der Waals surface area contributed by atoms with Gasteiger partial charge in [-0.25, -0.2) is 4.99 Å². The summed E-state index contributed by atoms with van der Waals surface area (Å²) in [5.74, 6) is 1.21. The van der Waals surface area contributed by atoms with E-state index in [9.17, 15) is 4.79 Å². The Bertz CT molecular complexity index is 962. The molecule has 0 aliphatic carbocycles. The van der Waals surface area contributed by atoms with E-state index in [2.05, 4.69) is 38.4 Å². The van der Waals surface area contributed by atoms with Crippen LogP contribution in [0.4, 0.5) is 11.4 Å². The maximum absolute atomic E-state index is 12.6. The first-order valence-electron chi connectivity index (χ1n) is 9.81. The number of aromatic nitrogens is 1. The molecule has 5 rings (SSSR count). The number of rotatable bonds is 2. The van der Waals surface area contributed by atoms with Crippen molar-refractivity contribution in [2.45, 2.75) is 19.3 Å². The summed E-state index contributed by atoms with van der Waals surface area (Å²) >= 11 is 0.